The SMILES string of the molecule is CCCC[C@@H](C)C1CC([C@@H](C)CCCC)[C-](C)C1C(=O)[Si]12OC(C)C(C)(O1)C(C)(C1(C)O[Si]3(C(=O)C4[C-](C)C([C@@H](C)CCCC)CC4[C@H](C)CCCC)OC(C)C1(C)O3)O2.CCCC[C@H](C)C1C[C-](C)C([C@@H](C)CCCC)C1.CCCC[C@H](C)C1C[C-](C)C([C@@H](C)CCCC)C1.[Fe+2].[Fe+2]. The van der Waals surface area contributed by atoms with Crippen LogP contribution in [0.25, 0.3) is 0 Å². The first kappa shape index (κ1) is 91.0. The molecular formula is C86H158Fe2O8Si2. The summed E-state index contributed by atoms with van der Waals surface area (Å²) < 4.78 is 42.8. The van der Waals surface area contributed by atoms with E-state index in [0.29, 0.717) is 35.5 Å². The maximum Gasteiger partial charge on any atom is 2.00 e. The molecule has 0 radical (unpaired) electrons. The number of fused-ring (bicyclic) bond motifs is 4. The van der Waals surface area contributed by atoms with Crippen LogP contribution >= 0.6 is 0 Å². The summed E-state index contributed by atoms with van der Waals surface area (Å²) >= 11 is 0. The molecule has 12 heteroatoms. The normalized spacial score (nSPS) is 38.7. The maximum atomic E-state index is 15.6. The summed E-state index contributed by atoms with van der Waals surface area (Å²) in [7, 11) is -7.98. The fourth-order valence-corrected chi connectivity index (χ4v) is 29.0. The smallest absolute Gasteiger partial charge is 0.362 e. The van der Waals surface area contributed by atoms with Crippen molar-refractivity contribution in [2.24, 2.45) is 107 Å². The molecule has 8 rings (SSSR count). The van der Waals surface area contributed by atoms with Gasteiger partial charge in [-0.3, -0.25) is 9.59 Å². The number of hydrogen-bond donors (Lipinski definition) is 0. The fraction of sp³-hybridized carbons (Fsp3) is 0.930. The average molecular weight is 1490 g/mol. The number of hydrogen-bond acceptors (Lipinski definition) is 8. The summed E-state index contributed by atoms with van der Waals surface area (Å²) in [5.41, 5.74) is -4.42. The van der Waals surface area contributed by atoms with E-state index in [4.69, 9.17) is 26.6 Å². The molecule has 0 N–H and O–H groups in total. The molecule has 4 aliphatic carbocycles. The molecule has 0 aromatic carbocycles. The molecule has 26 atom stereocenters. The summed E-state index contributed by atoms with van der Waals surface area (Å²) in [4.78, 5) is 31.3. The fourth-order valence-electron chi connectivity index (χ4n) is 21.3. The largest absolute Gasteiger partial charge is 2.00 e. The van der Waals surface area contributed by atoms with Crippen molar-refractivity contribution in [2.75, 3.05) is 0 Å². The minimum absolute atomic E-state index is 0. The van der Waals surface area contributed by atoms with Gasteiger partial charge in [-0.15, -0.1) is 0 Å². The molecule has 4 saturated carbocycles. The van der Waals surface area contributed by atoms with Crippen molar-refractivity contribution in [1.29, 1.82) is 0 Å². The van der Waals surface area contributed by atoms with Gasteiger partial charge in [0.1, 0.15) is 22.4 Å². The Morgan fingerprint density at radius 1 is 0.378 bits per heavy atom. The Labute approximate surface area is 631 Å². The first-order valence-corrected chi connectivity index (χ1v) is 45.3. The molecular weight excluding hydrogens is 1330 g/mol. The Hall–Kier alpha value is 0.573. The molecule has 0 aromatic rings. The Morgan fingerprint density at radius 3 is 0.888 bits per heavy atom. The second-order valence-corrected chi connectivity index (χ2v) is 40.3. The molecule has 4 aliphatic heterocycles. The minimum Gasteiger partial charge on any atom is -0.362 e. The summed E-state index contributed by atoms with van der Waals surface area (Å²) in [6.07, 6.45) is 37.8. The van der Waals surface area contributed by atoms with Gasteiger partial charge in [0.2, 0.25) is 0 Å². The van der Waals surface area contributed by atoms with Crippen molar-refractivity contribution >= 4 is 28.4 Å². The third-order valence-corrected chi connectivity index (χ3v) is 35.0. The number of carbonyl (C=O) groups is 2. The summed E-state index contributed by atoms with van der Waals surface area (Å²) in [5, 5.41) is 0.0395. The van der Waals surface area contributed by atoms with Crippen LogP contribution in [-0.4, -0.2) is 63.0 Å². The van der Waals surface area contributed by atoms with Crippen molar-refractivity contribution in [3.8, 4) is 0 Å². The van der Waals surface area contributed by atoms with Crippen LogP contribution in [0, 0.1) is 130 Å². The zero-order valence-corrected chi connectivity index (χ0v) is 72.9. The van der Waals surface area contributed by atoms with Crippen molar-refractivity contribution in [3.63, 3.8) is 0 Å². The van der Waals surface area contributed by atoms with Gasteiger partial charge in [-0.1, -0.05) is 350 Å². The first-order chi connectivity index (χ1) is 45.3. The standard InChI is InChI=1S/C50H88O8Si2.2C18H35.2Fe/c1-17-21-25-31(5)39-29-41(33(7)27-23-19-3)43(35(39)9)45(51)59-53-37(11)47(13,55-59)49(15,57-59)50(16)48(14)38(12)54-60(56-48,58-50)46(52)44-36(10)40(32(6)26-22-18-2)30-42(44)34(8)28-24-20-4;2*1-6-8-10-14(3)17-12-16(5)18(13-17)15(4)11-9-7-2;;/h31-34,37-44H,17-30H2,1-16H3;2*14-15,17-18H,6-13H2,1-5H3;;/q-2;2*-1;2*+2/t31-,32-,33+,34+,37?,38?,39?,40?,41?,42?,43?,44?,47?,48?,49?,50?,59?,60?;2*14-,15-,17?,18?;;/m000../s1. The van der Waals surface area contributed by atoms with Crippen LogP contribution in [0.3, 0.4) is 0 Å². The Balaban J connectivity index is 0.000000436. The topological polar surface area (TPSA) is 89.5 Å². The van der Waals surface area contributed by atoms with Gasteiger partial charge in [-0.05, 0) is 65.2 Å². The molecule has 8 fully saturated rings. The van der Waals surface area contributed by atoms with E-state index in [1.165, 1.54) is 153 Å². The molecule has 8 aliphatic rings. The first-order valence-electron chi connectivity index (χ1n) is 41.9. The van der Waals surface area contributed by atoms with Crippen molar-refractivity contribution in [3.05, 3.63) is 23.7 Å². The van der Waals surface area contributed by atoms with Crippen LogP contribution < -0.4 is 0 Å². The second kappa shape index (κ2) is 40.1. The Bertz CT molecular complexity index is 2180. The third kappa shape index (κ3) is 19.3. The zero-order chi connectivity index (χ0) is 71.5. The van der Waals surface area contributed by atoms with Gasteiger partial charge in [-0.25, -0.2) is 0 Å². The van der Waals surface area contributed by atoms with E-state index in [-0.39, 0.29) is 68.6 Å². The van der Waals surface area contributed by atoms with Gasteiger partial charge >= 0.3 is 51.7 Å². The van der Waals surface area contributed by atoms with E-state index in [0.717, 1.165) is 98.7 Å². The van der Waals surface area contributed by atoms with Crippen LogP contribution in [-0.2, 0) is 70.3 Å². The van der Waals surface area contributed by atoms with Crippen LogP contribution in [0.4, 0.5) is 0 Å². The molecule has 18 unspecified atom stereocenters. The summed E-state index contributed by atoms with van der Waals surface area (Å²) in [5.74, 6) is 16.3. The number of rotatable bonds is 37. The van der Waals surface area contributed by atoms with E-state index in [1.807, 2.05) is 39.5 Å². The molecule has 98 heavy (non-hydrogen) atoms. The van der Waals surface area contributed by atoms with Gasteiger partial charge < -0.3 is 50.2 Å². The Morgan fingerprint density at radius 2 is 0.622 bits per heavy atom. The second-order valence-electron chi connectivity index (χ2n) is 35.8. The molecule has 0 aromatic heterocycles. The van der Waals surface area contributed by atoms with E-state index in [1.54, 1.807) is 0 Å². The van der Waals surface area contributed by atoms with Crippen LogP contribution in [0.15, 0.2) is 0 Å². The third-order valence-electron chi connectivity index (χ3n) is 29.1. The van der Waals surface area contributed by atoms with Crippen molar-refractivity contribution < 1.29 is 70.3 Å². The zero-order valence-electron chi connectivity index (χ0n) is 68.7. The monoisotopic (exact) mass is 1490 g/mol. The average Bonchev–Trinajstić information content (AvgIpc) is 1.47. The van der Waals surface area contributed by atoms with Crippen molar-refractivity contribution in [2.45, 2.75) is 407 Å². The number of carbonyl (C=O) groups excluding carboxylic acids is 2. The summed E-state index contributed by atoms with van der Waals surface area (Å²) in [6.45, 7) is 59.3. The van der Waals surface area contributed by atoms with E-state index in [9.17, 15) is 0 Å². The van der Waals surface area contributed by atoms with Crippen LogP contribution in [0.2, 0.25) is 0 Å². The van der Waals surface area contributed by atoms with Gasteiger partial charge in [-0.2, -0.15) is 64.2 Å². The van der Waals surface area contributed by atoms with E-state index < -0.39 is 52.2 Å². The molecule has 0 amide bonds. The van der Waals surface area contributed by atoms with Gasteiger partial charge in [0.25, 0.3) is 0 Å². The molecule has 8 nitrogen and oxygen atoms in total. The van der Waals surface area contributed by atoms with Gasteiger partial charge in [0, 0.05) is 0 Å². The van der Waals surface area contributed by atoms with E-state index in [2.05, 4.69) is 152 Å². The molecule has 574 valence electrons. The predicted octanol–water partition coefficient (Wildman–Crippen LogP) is 24.6. The van der Waals surface area contributed by atoms with Crippen molar-refractivity contribution in [1.82, 2.24) is 0 Å². The number of unbranched alkanes of at least 4 members (excludes halogenated alkanes) is 8. The predicted molar refractivity (Wildman–Crippen MR) is 408 cm³/mol. The Kier molecular flexibility index (Phi) is 37.3. The molecule has 0 spiro atoms. The quantitative estimate of drug-likeness (QED) is 0.0449. The van der Waals surface area contributed by atoms with Gasteiger partial charge in [0.05, 0.1) is 12.2 Å². The minimum atomic E-state index is -3.99. The molecule has 4 heterocycles. The molecule has 4 bridgehead atoms. The molecule has 4 saturated heterocycles. The van der Waals surface area contributed by atoms with E-state index >= 15 is 9.59 Å². The van der Waals surface area contributed by atoms with Crippen LogP contribution in [0.1, 0.15) is 373 Å². The van der Waals surface area contributed by atoms with Crippen LogP contribution in [0.5, 0.6) is 0 Å². The summed E-state index contributed by atoms with van der Waals surface area (Å²) in [6, 6.07) is 0. The maximum absolute atomic E-state index is 15.6. The van der Waals surface area contributed by atoms with Gasteiger partial charge in [0.15, 0.2) is 10.8 Å².